The van der Waals surface area contributed by atoms with Gasteiger partial charge in [-0.15, -0.1) is 0 Å². The first kappa shape index (κ1) is 21.2. The number of aromatic amines is 1. The Morgan fingerprint density at radius 2 is 2.00 bits per heavy atom. The highest BCUT2D eigenvalue weighted by atomic mass is 16.5. The van der Waals surface area contributed by atoms with Crippen LogP contribution in [0.25, 0.3) is 0 Å². The van der Waals surface area contributed by atoms with E-state index >= 15 is 0 Å². The number of nitrogens with zero attached hydrogens (tertiary/aromatic N) is 2. The van der Waals surface area contributed by atoms with Crippen molar-refractivity contribution in [1.82, 2.24) is 20.4 Å². The maximum atomic E-state index is 13.2. The van der Waals surface area contributed by atoms with Crippen LogP contribution in [0.3, 0.4) is 0 Å². The molecule has 31 heavy (non-hydrogen) atoms. The van der Waals surface area contributed by atoms with Crippen LogP contribution in [0, 0.1) is 5.92 Å². The van der Waals surface area contributed by atoms with Gasteiger partial charge in [-0.1, -0.05) is 19.3 Å². The Bertz CT molecular complexity index is 949. The summed E-state index contributed by atoms with van der Waals surface area (Å²) in [6.07, 6.45) is 6.74. The minimum atomic E-state index is -0.167. The predicted octanol–water partition coefficient (Wildman–Crippen LogP) is 2.94. The molecule has 8 heteroatoms. The van der Waals surface area contributed by atoms with Crippen molar-refractivity contribution < 1.29 is 19.1 Å². The Balaban J connectivity index is 1.46. The molecule has 1 fully saturated rings. The zero-order valence-electron chi connectivity index (χ0n) is 18.2. The number of carbonyl (C=O) groups excluding carboxylic acids is 2. The number of fused-ring (bicyclic) bond motifs is 1. The van der Waals surface area contributed by atoms with E-state index in [-0.39, 0.29) is 11.8 Å². The topological polar surface area (TPSA) is 96.5 Å². The maximum absolute atomic E-state index is 13.2. The monoisotopic (exact) mass is 426 g/mol. The number of ether oxygens (including phenoxy) is 2. The summed E-state index contributed by atoms with van der Waals surface area (Å²) >= 11 is 0. The molecule has 166 valence electrons. The lowest BCUT2D eigenvalue weighted by Gasteiger charge is -2.28. The van der Waals surface area contributed by atoms with Crippen molar-refractivity contribution in [2.24, 2.45) is 5.92 Å². The molecule has 8 nitrogen and oxygen atoms in total. The van der Waals surface area contributed by atoms with Crippen LogP contribution < -0.4 is 14.8 Å². The van der Waals surface area contributed by atoms with E-state index in [9.17, 15) is 9.59 Å². The Morgan fingerprint density at radius 3 is 2.74 bits per heavy atom. The number of aromatic nitrogens is 2. The number of hydrogen-bond donors (Lipinski definition) is 2. The predicted molar refractivity (Wildman–Crippen MR) is 115 cm³/mol. The van der Waals surface area contributed by atoms with Gasteiger partial charge in [0.2, 0.25) is 0 Å². The molecule has 4 rings (SSSR count). The van der Waals surface area contributed by atoms with Gasteiger partial charge in [0.05, 0.1) is 26.3 Å². The Hall–Kier alpha value is -3.03. The van der Waals surface area contributed by atoms with Crippen LogP contribution in [0.15, 0.2) is 18.2 Å². The highest BCUT2D eigenvalue weighted by Gasteiger charge is 2.29. The summed E-state index contributed by atoms with van der Waals surface area (Å²) in [5.41, 5.74) is 2.59. The minimum Gasteiger partial charge on any atom is -0.497 e. The van der Waals surface area contributed by atoms with E-state index in [2.05, 4.69) is 15.5 Å². The van der Waals surface area contributed by atoms with Crippen LogP contribution in [0.2, 0.25) is 0 Å². The van der Waals surface area contributed by atoms with Gasteiger partial charge < -0.3 is 19.7 Å². The average molecular weight is 427 g/mol. The number of benzene rings is 1. The fourth-order valence-corrected chi connectivity index (χ4v) is 4.51. The number of nitrogens with one attached hydrogen (secondary N) is 2. The summed E-state index contributed by atoms with van der Waals surface area (Å²) in [4.78, 5) is 27.7. The molecule has 2 aromatic rings. The van der Waals surface area contributed by atoms with Crippen LogP contribution in [-0.2, 0) is 13.0 Å². The number of carbonyl (C=O) groups is 2. The van der Waals surface area contributed by atoms with Crippen LogP contribution in [0.4, 0.5) is 0 Å². The molecule has 1 aromatic carbocycles. The molecule has 0 unspecified atom stereocenters. The molecule has 1 aliphatic carbocycles. The number of H-pyrrole nitrogens is 1. The third-order valence-corrected chi connectivity index (χ3v) is 6.35. The summed E-state index contributed by atoms with van der Waals surface area (Å²) in [7, 11) is 3.10. The normalized spacial score (nSPS) is 16.5. The van der Waals surface area contributed by atoms with Crippen LogP contribution >= 0.6 is 0 Å². The van der Waals surface area contributed by atoms with Gasteiger partial charge in [0.25, 0.3) is 11.8 Å². The quantitative estimate of drug-likeness (QED) is 0.740. The van der Waals surface area contributed by atoms with Gasteiger partial charge in [0.1, 0.15) is 11.5 Å². The average Bonchev–Trinajstić information content (AvgIpc) is 3.25. The first-order chi connectivity index (χ1) is 15.1. The second kappa shape index (κ2) is 9.41. The van der Waals surface area contributed by atoms with Gasteiger partial charge in [-0.25, -0.2) is 0 Å². The highest BCUT2D eigenvalue weighted by Crippen LogP contribution is 2.28. The minimum absolute atomic E-state index is 0.139. The van der Waals surface area contributed by atoms with E-state index in [0.29, 0.717) is 54.7 Å². The summed E-state index contributed by atoms with van der Waals surface area (Å²) in [6.45, 7) is 1.57. The van der Waals surface area contributed by atoms with Crippen molar-refractivity contribution in [3.05, 3.63) is 40.7 Å². The summed E-state index contributed by atoms with van der Waals surface area (Å²) < 4.78 is 10.6. The largest absolute Gasteiger partial charge is 0.497 e. The van der Waals surface area contributed by atoms with Crippen LogP contribution in [0.1, 0.15) is 64.2 Å². The first-order valence-electron chi connectivity index (χ1n) is 11.0. The third kappa shape index (κ3) is 4.52. The van der Waals surface area contributed by atoms with Crippen LogP contribution in [-0.4, -0.2) is 54.2 Å². The fourth-order valence-electron chi connectivity index (χ4n) is 4.51. The molecular formula is C23H30N4O4. The molecule has 2 N–H and O–H groups in total. The molecule has 1 saturated carbocycles. The zero-order valence-corrected chi connectivity index (χ0v) is 18.2. The SMILES string of the molecule is COc1ccc(C(=O)N2CCc3[nH]nc(C(=O)NCC4CCCCC4)c3C2)c(OC)c1. The van der Waals surface area contributed by atoms with E-state index < -0.39 is 0 Å². The van der Waals surface area contributed by atoms with Crippen molar-refractivity contribution in [2.45, 2.75) is 45.1 Å². The number of methoxy groups -OCH3 is 2. The van der Waals surface area contributed by atoms with E-state index in [1.807, 2.05) is 0 Å². The number of hydrogen-bond acceptors (Lipinski definition) is 5. The molecule has 2 amide bonds. The fraction of sp³-hybridized carbons (Fsp3) is 0.522. The zero-order chi connectivity index (χ0) is 21.8. The molecule has 1 aliphatic heterocycles. The van der Waals surface area contributed by atoms with Gasteiger partial charge in [0.15, 0.2) is 5.69 Å². The number of rotatable bonds is 6. The third-order valence-electron chi connectivity index (χ3n) is 6.35. The Morgan fingerprint density at radius 1 is 1.19 bits per heavy atom. The second-order valence-electron chi connectivity index (χ2n) is 8.29. The Kier molecular flexibility index (Phi) is 6.44. The van der Waals surface area contributed by atoms with E-state index in [1.54, 1.807) is 30.2 Å². The van der Waals surface area contributed by atoms with E-state index in [1.165, 1.54) is 39.2 Å². The molecule has 2 aliphatic rings. The van der Waals surface area contributed by atoms with Gasteiger partial charge >= 0.3 is 0 Å². The van der Waals surface area contributed by atoms with Crippen molar-refractivity contribution in [3.63, 3.8) is 0 Å². The molecule has 0 spiro atoms. The highest BCUT2D eigenvalue weighted by molar-refractivity contribution is 5.98. The van der Waals surface area contributed by atoms with Crippen molar-refractivity contribution in [3.8, 4) is 11.5 Å². The second-order valence-corrected chi connectivity index (χ2v) is 8.29. The first-order valence-corrected chi connectivity index (χ1v) is 11.0. The van der Waals surface area contributed by atoms with Gasteiger partial charge in [-0.3, -0.25) is 14.7 Å². The molecular weight excluding hydrogens is 396 g/mol. The molecule has 0 saturated heterocycles. The molecule has 0 radical (unpaired) electrons. The van der Waals surface area contributed by atoms with Gasteiger partial charge in [-0.05, 0) is 30.9 Å². The lowest BCUT2D eigenvalue weighted by Crippen LogP contribution is -2.37. The molecule has 0 atom stereocenters. The molecule has 2 heterocycles. The lowest BCUT2D eigenvalue weighted by molar-refractivity contribution is 0.0727. The van der Waals surface area contributed by atoms with Crippen molar-refractivity contribution in [2.75, 3.05) is 27.3 Å². The Labute approximate surface area is 182 Å². The van der Waals surface area contributed by atoms with Gasteiger partial charge in [0, 0.05) is 36.8 Å². The van der Waals surface area contributed by atoms with E-state index in [0.717, 1.165) is 11.3 Å². The molecule has 0 bridgehead atoms. The smallest absolute Gasteiger partial charge is 0.272 e. The maximum Gasteiger partial charge on any atom is 0.272 e. The molecule has 1 aromatic heterocycles. The summed E-state index contributed by atoms with van der Waals surface area (Å²) in [6, 6.07) is 5.15. The number of amides is 2. The summed E-state index contributed by atoms with van der Waals surface area (Å²) in [5.74, 6) is 1.33. The van der Waals surface area contributed by atoms with Crippen LogP contribution in [0.5, 0.6) is 11.5 Å². The summed E-state index contributed by atoms with van der Waals surface area (Å²) in [5, 5.41) is 10.3. The standard InChI is InChI=1S/C23H30N4O4/c1-30-16-8-9-17(20(12-16)31-2)23(29)27-11-10-19-18(14-27)21(26-25-19)22(28)24-13-15-6-4-3-5-7-15/h8-9,12,15H,3-7,10-11,13-14H2,1-2H3,(H,24,28)(H,25,26). The van der Waals surface area contributed by atoms with E-state index in [4.69, 9.17) is 9.47 Å². The van der Waals surface area contributed by atoms with Crippen molar-refractivity contribution in [1.29, 1.82) is 0 Å². The van der Waals surface area contributed by atoms with Gasteiger partial charge in [-0.2, -0.15) is 5.10 Å². The lowest BCUT2D eigenvalue weighted by atomic mass is 9.89. The van der Waals surface area contributed by atoms with Crippen molar-refractivity contribution >= 4 is 11.8 Å².